The summed E-state index contributed by atoms with van der Waals surface area (Å²) in [6.45, 7) is 5.37. The van der Waals surface area contributed by atoms with Crippen LogP contribution in [0.2, 0.25) is 0 Å². The number of benzene rings is 1. The predicted molar refractivity (Wildman–Crippen MR) is 77.3 cm³/mol. The quantitative estimate of drug-likeness (QED) is 0.812. The van der Waals surface area contributed by atoms with Crippen LogP contribution < -0.4 is 11.1 Å². The Morgan fingerprint density at radius 2 is 1.86 bits per heavy atom. The fourth-order valence-electron chi connectivity index (χ4n) is 2.39. The Hall–Kier alpha value is -2.37. The molecule has 0 radical (unpaired) electrons. The van der Waals surface area contributed by atoms with E-state index < -0.39 is 29.9 Å². The third kappa shape index (κ3) is 2.61. The van der Waals surface area contributed by atoms with Crippen molar-refractivity contribution in [1.82, 2.24) is 10.2 Å². The topological polar surface area (TPSA) is 92.5 Å². The number of nitrogens with zero attached hydrogens (tertiary/aromatic N) is 1. The summed E-state index contributed by atoms with van der Waals surface area (Å²) >= 11 is 0. The largest absolute Gasteiger partial charge is 0.368 e. The lowest BCUT2D eigenvalue weighted by molar-refractivity contribution is -0.134. The predicted octanol–water partition coefficient (Wildman–Crippen LogP) is 1.06. The smallest absolute Gasteiger partial charge is 0.325 e. The zero-order valence-corrected chi connectivity index (χ0v) is 12.3. The molecule has 2 rings (SSSR count). The number of rotatable bonds is 4. The van der Waals surface area contributed by atoms with Crippen molar-refractivity contribution in [1.29, 1.82) is 0 Å². The van der Waals surface area contributed by atoms with Gasteiger partial charge in [0, 0.05) is 0 Å². The number of carbonyl (C=O) groups is 3. The number of amides is 4. The van der Waals surface area contributed by atoms with E-state index in [0.29, 0.717) is 11.5 Å². The normalized spacial score (nSPS) is 21.8. The highest BCUT2D eigenvalue weighted by atomic mass is 16.2. The van der Waals surface area contributed by atoms with Crippen LogP contribution in [-0.2, 0) is 15.1 Å². The Bertz CT molecular complexity index is 595. The van der Waals surface area contributed by atoms with Crippen LogP contribution in [0, 0.1) is 0 Å². The van der Waals surface area contributed by atoms with Crippen molar-refractivity contribution in [3.8, 4) is 0 Å². The molecule has 0 aliphatic carbocycles. The van der Waals surface area contributed by atoms with E-state index in [-0.39, 0.29) is 0 Å². The Labute approximate surface area is 123 Å². The second kappa shape index (κ2) is 5.20. The number of hydrogen-bond acceptors (Lipinski definition) is 3. The van der Waals surface area contributed by atoms with Crippen LogP contribution in [0.1, 0.15) is 37.8 Å². The van der Waals surface area contributed by atoms with Crippen LogP contribution in [0.3, 0.4) is 0 Å². The lowest BCUT2D eigenvalue weighted by Crippen LogP contribution is -2.42. The minimum Gasteiger partial charge on any atom is -0.368 e. The summed E-state index contributed by atoms with van der Waals surface area (Å²) in [5, 5.41) is 2.63. The Morgan fingerprint density at radius 1 is 1.29 bits per heavy atom. The van der Waals surface area contributed by atoms with Crippen molar-refractivity contribution in [3.05, 3.63) is 35.4 Å². The molecule has 1 aliphatic heterocycles. The molecule has 0 saturated carbocycles. The molecule has 1 atom stereocenters. The molecule has 0 spiro atoms. The van der Waals surface area contributed by atoms with Crippen LogP contribution in [0.25, 0.3) is 0 Å². The summed E-state index contributed by atoms with van der Waals surface area (Å²) in [5.74, 6) is -0.811. The molecule has 1 aromatic rings. The molecule has 3 N–H and O–H groups in total. The summed E-state index contributed by atoms with van der Waals surface area (Å²) in [7, 11) is 0. The molecule has 0 aromatic heterocycles. The standard InChI is InChI=1S/C15H19N3O3/c1-9(2)10-4-6-11(7-5-10)15(3)13(20)18(8-12(16)19)14(21)17-15/h4-7,9H,8H2,1-3H3,(H2,16,19)(H,17,21)/t15-/m0/s1. The average molecular weight is 289 g/mol. The maximum atomic E-state index is 12.4. The monoisotopic (exact) mass is 289 g/mol. The van der Waals surface area contributed by atoms with Gasteiger partial charge in [-0.05, 0) is 24.0 Å². The van der Waals surface area contributed by atoms with Crippen molar-refractivity contribution < 1.29 is 14.4 Å². The van der Waals surface area contributed by atoms with Crippen LogP contribution in [0.15, 0.2) is 24.3 Å². The Kier molecular flexibility index (Phi) is 3.72. The van der Waals surface area contributed by atoms with Gasteiger partial charge in [0.2, 0.25) is 5.91 Å². The maximum absolute atomic E-state index is 12.4. The molecular formula is C15H19N3O3. The van der Waals surface area contributed by atoms with E-state index in [9.17, 15) is 14.4 Å². The molecule has 21 heavy (non-hydrogen) atoms. The van der Waals surface area contributed by atoms with Crippen molar-refractivity contribution in [2.24, 2.45) is 5.73 Å². The van der Waals surface area contributed by atoms with Gasteiger partial charge in [0.25, 0.3) is 5.91 Å². The zero-order chi connectivity index (χ0) is 15.8. The third-order valence-corrected chi connectivity index (χ3v) is 3.74. The first-order chi connectivity index (χ1) is 9.75. The molecule has 6 nitrogen and oxygen atoms in total. The van der Waals surface area contributed by atoms with E-state index in [1.54, 1.807) is 6.92 Å². The average Bonchev–Trinajstić information content (AvgIpc) is 2.63. The molecule has 112 valence electrons. The Balaban J connectivity index is 2.32. The second-order valence-electron chi connectivity index (χ2n) is 5.69. The van der Waals surface area contributed by atoms with Crippen molar-refractivity contribution in [2.45, 2.75) is 32.2 Å². The highest BCUT2D eigenvalue weighted by Gasteiger charge is 2.49. The van der Waals surface area contributed by atoms with E-state index in [1.165, 1.54) is 0 Å². The van der Waals surface area contributed by atoms with Gasteiger partial charge in [-0.25, -0.2) is 4.79 Å². The van der Waals surface area contributed by atoms with E-state index in [2.05, 4.69) is 19.2 Å². The number of hydrogen-bond donors (Lipinski definition) is 2. The number of nitrogens with one attached hydrogen (secondary N) is 1. The van der Waals surface area contributed by atoms with Gasteiger partial charge >= 0.3 is 6.03 Å². The first-order valence-electron chi connectivity index (χ1n) is 6.78. The number of carbonyl (C=O) groups excluding carboxylic acids is 3. The summed E-state index contributed by atoms with van der Waals surface area (Å²) in [6.07, 6.45) is 0. The number of urea groups is 1. The maximum Gasteiger partial charge on any atom is 0.325 e. The third-order valence-electron chi connectivity index (χ3n) is 3.74. The Morgan fingerprint density at radius 3 is 2.33 bits per heavy atom. The molecule has 0 bridgehead atoms. The van der Waals surface area contributed by atoms with Crippen molar-refractivity contribution in [2.75, 3.05) is 6.54 Å². The molecule has 0 unspecified atom stereocenters. The van der Waals surface area contributed by atoms with Gasteiger partial charge in [-0.15, -0.1) is 0 Å². The van der Waals surface area contributed by atoms with Gasteiger partial charge < -0.3 is 11.1 Å². The van der Waals surface area contributed by atoms with Crippen LogP contribution in [0.4, 0.5) is 4.79 Å². The van der Waals surface area contributed by atoms with Crippen molar-refractivity contribution in [3.63, 3.8) is 0 Å². The van der Waals surface area contributed by atoms with Gasteiger partial charge in [-0.1, -0.05) is 38.1 Å². The molecule has 4 amide bonds. The molecule has 6 heteroatoms. The first-order valence-corrected chi connectivity index (χ1v) is 6.78. The number of primary amides is 1. The molecule has 1 fully saturated rings. The molecule has 1 aliphatic rings. The fourth-order valence-corrected chi connectivity index (χ4v) is 2.39. The molecule has 1 saturated heterocycles. The molecular weight excluding hydrogens is 270 g/mol. The van der Waals surface area contributed by atoms with Gasteiger partial charge in [0.05, 0.1) is 0 Å². The summed E-state index contributed by atoms with van der Waals surface area (Å²) < 4.78 is 0. The van der Waals surface area contributed by atoms with E-state index in [0.717, 1.165) is 10.5 Å². The zero-order valence-electron chi connectivity index (χ0n) is 12.3. The molecule has 1 aromatic carbocycles. The minimum absolute atomic E-state index is 0.382. The van der Waals surface area contributed by atoms with E-state index in [4.69, 9.17) is 5.73 Å². The highest BCUT2D eigenvalue weighted by molar-refractivity contribution is 6.09. The summed E-state index contributed by atoms with van der Waals surface area (Å²) in [6, 6.07) is 6.90. The summed E-state index contributed by atoms with van der Waals surface area (Å²) in [4.78, 5) is 36.1. The van der Waals surface area contributed by atoms with Gasteiger partial charge in [0.15, 0.2) is 0 Å². The van der Waals surface area contributed by atoms with Gasteiger partial charge in [-0.3, -0.25) is 14.5 Å². The lowest BCUT2D eigenvalue weighted by Gasteiger charge is -2.22. The fraction of sp³-hybridized carbons (Fsp3) is 0.400. The van der Waals surface area contributed by atoms with E-state index >= 15 is 0 Å². The summed E-state index contributed by atoms with van der Waals surface area (Å²) in [5.41, 5.74) is 5.72. The van der Waals surface area contributed by atoms with Crippen LogP contribution >= 0.6 is 0 Å². The molecule has 1 heterocycles. The van der Waals surface area contributed by atoms with E-state index in [1.807, 2.05) is 24.3 Å². The highest BCUT2D eigenvalue weighted by Crippen LogP contribution is 2.29. The number of nitrogens with two attached hydrogens (primary N) is 1. The van der Waals surface area contributed by atoms with Gasteiger partial charge in [0.1, 0.15) is 12.1 Å². The van der Waals surface area contributed by atoms with Crippen LogP contribution in [0.5, 0.6) is 0 Å². The lowest BCUT2D eigenvalue weighted by atomic mass is 9.90. The number of imide groups is 1. The van der Waals surface area contributed by atoms with Crippen molar-refractivity contribution >= 4 is 17.8 Å². The first kappa shape index (κ1) is 15.0. The van der Waals surface area contributed by atoms with Crippen LogP contribution in [-0.4, -0.2) is 29.3 Å². The van der Waals surface area contributed by atoms with Gasteiger partial charge in [-0.2, -0.15) is 0 Å². The second-order valence-corrected chi connectivity index (χ2v) is 5.69. The SMILES string of the molecule is CC(C)c1ccc([C@]2(C)NC(=O)N(CC(N)=O)C2=O)cc1. The minimum atomic E-state index is -1.16.